The molecule has 0 aliphatic heterocycles. The molecule has 1 rings (SSSR count). The molecule has 3 heteroatoms. The lowest BCUT2D eigenvalue weighted by atomic mass is 9.81. The van der Waals surface area contributed by atoms with Gasteiger partial charge in [-0.2, -0.15) is 0 Å². The number of hydrogen-bond acceptors (Lipinski definition) is 2. The molecule has 0 aromatic heterocycles. The quantitative estimate of drug-likeness (QED) is 0.793. The molecule has 3 N–H and O–H groups in total. The fourth-order valence-electron chi connectivity index (χ4n) is 2.35. The summed E-state index contributed by atoms with van der Waals surface area (Å²) in [5.41, 5.74) is 6.62. The second kappa shape index (κ2) is 7.29. The molecule has 0 fully saturated rings. The van der Waals surface area contributed by atoms with E-state index in [9.17, 15) is 4.79 Å². The summed E-state index contributed by atoms with van der Waals surface area (Å²) in [7, 11) is 0. The van der Waals surface area contributed by atoms with E-state index in [1.54, 1.807) is 0 Å². The van der Waals surface area contributed by atoms with E-state index >= 15 is 0 Å². The van der Waals surface area contributed by atoms with Gasteiger partial charge in [0.2, 0.25) is 5.91 Å². The molecule has 0 spiro atoms. The third kappa shape index (κ3) is 4.06. The Morgan fingerprint density at radius 3 is 2.32 bits per heavy atom. The summed E-state index contributed by atoms with van der Waals surface area (Å²) >= 11 is 0. The Morgan fingerprint density at radius 2 is 1.84 bits per heavy atom. The van der Waals surface area contributed by atoms with Crippen molar-refractivity contribution >= 4 is 5.91 Å². The number of rotatable bonds is 7. The number of carbonyl (C=O) groups is 1. The molecular formula is C16H26N2O. The van der Waals surface area contributed by atoms with Crippen molar-refractivity contribution in [1.29, 1.82) is 0 Å². The van der Waals surface area contributed by atoms with Crippen LogP contribution in [0.4, 0.5) is 0 Å². The van der Waals surface area contributed by atoms with Crippen molar-refractivity contribution in [3.8, 4) is 0 Å². The van der Waals surface area contributed by atoms with Crippen LogP contribution in [0.15, 0.2) is 30.3 Å². The fourth-order valence-corrected chi connectivity index (χ4v) is 2.35. The Labute approximate surface area is 116 Å². The van der Waals surface area contributed by atoms with E-state index in [-0.39, 0.29) is 11.9 Å². The SMILES string of the molecule is CCC(CC)(CN)C(=O)NC(C)Cc1ccccc1. The fraction of sp³-hybridized carbons (Fsp3) is 0.562. The van der Waals surface area contributed by atoms with E-state index in [0.29, 0.717) is 6.54 Å². The van der Waals surface area contributed by atoms with Crippen LogP contribution in [0.2, 0.25) is 0 Å². The maximum atomic E-state index is 12.4. The summed E-state index contributed by atoms with van der Waals surface area (Å²) in [4.78, 5) is 12.4. The normalized spacial score (nSPS) is 13.1. The first kappa shape index (κ1) is 15.7. The summed E-state index contributed by atoms with van der Waals surface area (Å²) < 4.78 is 0. The van der Waals surface area contributed by atoms with Gasteiger partial charge in [-0.05, 0) is 31.7 Å². The highest BCUT2D eigenvalue weighted by Gasteiger charge is 2.33. The first-order valence-corrected chi connectivity index (χ1v) is 7.13. The zero-order chi connectivity index (χ0) is 14.3. The summed E-state index contributed by atoms with van der Waals surface area (Å²) in [5.74, 6) is 0.0865. The van der Waals surface area contributed by atoms with Crippen LogP contribution in [0.25, 0.3) is 0 Å². The minimum Gasteiger partial charge on any atom is -0.353 e. The lowest BCUT2D eigenvalue weighted by Crippen LogP contribution is -2.48. The van der Waals surface area contributed by atoms with Crippen molar-refractivity contribution in [2.24, 2.45) is 11.1 Å². The second-order valence-corrected chi connectivity index (χ2v) is 5.26. The van der Waals surface area contributed by atoms with E-state index in [4.69, 9.17) is 5.73 Å². The predicted molar refractivity (Wildman–Crippen MR) is 79.8 cm³/mol. The number of hydrogen-bond donors (Lipinski definition) is 2. The van der Waals surface area contributed by atoms with Crippen molar-refractivity contribution in [3.05, 3.63) is 35.9 Å². The highest BCUT2D eigenvalue weighted by molar-refractivity contribution is 5.83. The van der Waals surface area contributed by atoms with Gasteiger partial charge < -0.3 is 11.1 Å². The van der Waals surface area contributed by atoms with Gasteiger partial charge in [-0.15, -0.1) is 0 Å². The number of nitrogens with two attached hydrogens (primary N) is 1. The van der Waals surface area contributed by atoms with Crippen LogP contribution in [-0.4, -0.2) is 18.5 Å². The second-order valence-electron chi connectivity index (χ2n) is 5.26. The summed E-state index contributed by atoms with van der Waals surface area (Å²) in [6, 6.07) is 10.3. The molecule has 0 aliphatic rings. The van der Waals surface area contributed by atoms with Crippen molar-refractivity contribution < 1.29 is 4.79 Å². The van der Waals surface area contributed by atoms with Gasteiger partial charge in [0.05, 0.1) is 5.41 Å². The molecule has 1 amide bonds. The summed E-state index contributed by atoms with van der Waals surface area (Å²) in [6.45, 7) is 6.50. The predicted octanol–water partition coefficient (Wildman–Crippen LogP) is 2.50. The first-order valence-electron chi connectivity index (χ1n) is 7.13. The number of amides is 1. The van der Waals surface area contributed by atoms with E-state index in [1.807, 2.05) is 39.0 Å². The van der Waals surface area contributed by atoms with Gasteiger partial charge >= 0.3 is 0 Å². The van der Waals surface area contributed by atoms with Crippen LogP contribution < -0.4 is 11.1 Å². The van der Waals surface area contributed by atoms with Gasteiger partial charge in [-0.3, -0.25) is 4.79 Å². The standard InChI is InChI=1S/C16H26N2O/c1-4-16(5-2,12-17)15(19)18-13(3)11-14-9-7-6-8-10-14/h6-10,13H,4-5,11-12,17H2,1-3H3,(H,18,19). The molecule has 3 nitrogen and oxygen atoms in total. The third-order valence-corrected chi connectivity index (χ3v) is 3.99. The van der Waals surface area contributed by atoms with Gasteiger partial charge in [-0.25, -0.2) is 0 Å². The molecule has 1 aromatic carbocycles. The highest BCUT2D eigenvalue weighted by Crippen LogP contribution is 2.25. The zero-order valence-corrected chi connectivity index (χ0v) is 12.3. The summed E-state index contributed by atoms with van der Waals surface area (Å²) in [6.07, 6.45) is 2.41. The van der Waals surface area contributed by atoms with Gasteiger partial charge in [0.15, 0.2) is 0 Å². The molecule has 19 heavy (non-hydrogen) atoms. The van der Waals surface area contributed by atoms with Crippen LogP contribution in [-0.2, 0) is 11.2 Å². The Balaban J connectivity index is 2.61. The Kier molecular flexibility index (Phi) is 6.03. The largest absolute Gasteiger partial charge is 0.353 e. The van der Waals surface area contributed by atoms with E-state index in [0.717, 1.165) is 19.3 Å². The van der Waals surface area contributed by atoms with E-state index in [1.165, 1.54) is 5.56 Å². The van der Waals surface area contributed by atoms with E-state index < -0.39 is 5.41 Å². The van der Waals surface area contributed by atoms with Gasteiger partial charge in [-0.1, -0.05) is 44.2 Å². The van der Waals surface area contributed by atoms with Crippen LogP contribution >= 0.6 is 0 Å². The van der Waals surface area contributed by atoms with Gasteiger partial charge in [0, 0.05) is 12.6 Å². The van der Waals surface area contributed by atoms with Crippen molar-refractivity contribution in [2.75, 3.05) is 6.54 Å². The third-order valence-electron chi connectivity index (χ3n) is 3.99. The molecular weight excluding hydrogens is 236 g/mol. The molecule has 1 atom stereocenters. The maximum Gasteiger partial charge on any atom is 0.227 e. The van der Waals surface area contributed by atoms with Crippen molar-refractivity contribution in [1.82, 2.24) is 5.32 Å². The molecule has 1 aromatic rings. The minimum absolute atomic E-state index is 0.0865. The molecule has 0 saturated heterocycles. The average Bonchev–Trinajstić information content (AvgIpc) is 2.42. The lowest BCUT2D eigenvalue weighted by Gasteiger charge is -2.30. The molecule has 0 heterocycles. The number of nitrogens with one attached hydrogen (secondary N) is 1. The topological polar surface area (TPSA) is 55.1 Å². The Bertz CT molecular complexity index is 377. The maximum absolute atomic E-state index is 12.4. The first-order chi connectivity index (χ1) is 9.07. The van der Waals surface area contributed by atoms with Crippen LogP contribution in [0.5, 0.6) is 0 Å². The molecule has 0 radical (unpaired) electrons. The highest BCUT2D eigenvalue weighted by atomic mass is 16.2. The van der Waals surface area contributed by atoms with Crippen LogP contribution in [0.1, 0.15) is 39.2 Å². The summed E-state index contributed by atoms with van der Waals surface area (Å²) in [5, 5.41) is 3.10. The number of benzene rings is 1. The zero-order valence-electron chi connectivity index (χ0n) is 12.3. The smallest absolute Gasteiger partial charge is 0.227 e. The monoisotopic (exact) mass is 262 g/mol. The van der Waals surface area contributed by atoms with Crippen LogP contribution in [0.3, 0.4) is 0 Å². The number of carbonyl (C=O) groups excluding carboxylic acids is 1. The molecule has 106 valence electrons. The lowest BCUT2D eigenvalue weighted by molar-refractivity contribution is -0.131. The van der Waals surface area contributed by atoms with Crippen LogP contribution in [0, 0.1) is 5.41 Å². The molecule has 0 aliphatic carbocycles. The average molecular weight is 262 g/mol. The Morgan fingerprint density at radius 1 is 1.26 bits per heavy atom. The van der Waals surface area contributed by atoms with Crippen molar-refractivity contribution in [3.63, 3.8) is 0 Å². The van der Waals surface area contributed by atoms with Crippen molar-refractivity contribution in [2.45, 2.75) is 46.1 Å². The Hall–Kier alpha value is -1.35. The minimum atomic E-state index is -0.412. The van der Waals surface area contributed by atoms with E-state index in [2.05, 4.69) is 17.4 Å². The molecule has 0 bridgehead atoms. The molecule has 1 unspecified atom stereocenters. The van der Waals surface area contributed by atoms with Gasteiger partial charge in [0.25, 0.3) is 0 Å². The van der Waals surface area contributed by atoms with Gasteiger partial charge in [0.1, 0.15) is 0 Å². The molecule has 0 saturated carbocycles.